The predicted octanol–water partition coefficient (Wildman–Crippen LogP) is 0.182. The van der Waals surface area contributed by atoms with E-state index in [1.54, 1.807) is 0 Å². The summed E-state index contributed by atoms with van der Waals surface area (Å²) < 4.78 is 0. The largest absolute Gasteiger partial charge is 0.381 e. The molecule has 0 heterocycles. The lowest BCUT2D eigenvalue weighted by Crippen LogP contribution is -2.04. The smallest absolute Gasteiger partial charge is 0.0963 e. The molecule has 0 aromatic carbocycles. The van der Waals surface area contributed by atoms with Gasteiger partial charge >= 0.3 is 0 Å². The van der Waals surface area contributed by atoms with Crippen LogP contribution in [-0.4, -0.2) is 25.2 Å². The molecule has 0 atom stereocenters. The van der Waals surface area contributed by atoms with Crippen molar-refractivity contribution in [2.75, 3.05) is 20.1 Å². The Bertz CT molecular complexity index is 32.0. The van der Waals surface area contributed by atoms with Crippen LogP contribution in [0.5, 0.6) is 0 Å². The summed E-state index contributed by atoms with van der Waals surface area (Å²) in [5, 5.41) is 11.0. The molecule has 0 spiro atoms. The van der Waals surface area contributed by atoms with Crippen molar-refractivity contribution in [1.29, 1.82) is 0 Å². The third-order valence-electron chi connectivity index (χ3n) is 0.387. The summed E-state index contributed by atoms with van der Waals surface area (Å²) in [7, 11) is -0.101. The summed E-state index contributed by atoms with van der Waals surface area (Å²) in [6, 6.07) is 0. The highest BCUT2D eigenvalue weighted by atomic mass is 31.1. The maximum absolute atomic E-state index is 8.14. The molecule has 0 amide bonds. The average molecular weight is 107 g/mol. The maximum atomic E-state index is 8.14. The van der Waals surface area contributed by atoms with E-state index in [-0.39, 0.29) is 14.8 Å². The van der Waals surface area contributed by atoms with Gasteiger partial charge in [-0.1, -0.05) is 0 Å². The minimum absolute atomic E-state index is 0.101. The van der Waals surface area contributed by atoms with E-state index in [0.717, 1.165) is 0 Å². The minimum Gasteiger partial charge on any atom is -0.381 e. The van der Waals surface area contributed by atoms with Gasteiger partial charge in [0.1, 0.15) is 0 Å². The molecule has 0 saturated heterocycles. The summed E-state index contributed by atoms with van der Waals surface area (Å²) in [6.07, 6.45) is 0. The molecule has 0 aromatic rings. The first-order valence-corrected chi connectivity index (χ1v) is 4.02. The first-order valence-electron chi connectivity index (χ1n) is 1.79. The Balaban J connectivity index is 2.63. The standard InChI is InChI=1S/C3H10NOP/c1-6(2)4-3-5/h4-5H,3H2,1-2H3. The number of aliphatic hydroxyl groups excluding tert-OH is 1. The van der Waals surface area contributed by atoms with Crippen molar-refractivity contribution in [3.05, 3.63) is 0 Å². The van der Waals surface area contributed by atoms with E-state index in [2.05, 4.69) is 5.09 Å². The fraction of sp³-hybridized carbons (Fsp3) is 1.00. The zero-order chi connectivity index (χ0) is 4.99. The number of rotatable bonds is 2. The molecule has 0 unspecified atom stereocenters. The quantitative estimate of drug-likeness (QED) is 0.389. The van der Waals surface area contributed by atoms with Crippen molar-refractivity contribution in [2.24, 2.45) is 0 Å². The third kappa shape index (κ3) is 4.35. The van der Waals surface area contributed by atoms with Crippen LogP contribution in [0, 0.1) is 0 Å². The van der Waals surface area contributed by atoms with Crippen molar-refractivity contribution >= 4 is 8.07 Å². The zero-order valence-electron chi connectivity index (χ0n) is 4.10. The Morgan fingerprint density at radius 3 is 2.17 bits per heavy atom. The highest BCUT2D eigenvalue weighted by Crippen LogP contribution is 2.14. The van der Waals surface area contributed by atoms with E-state index in [1.165, 1.54) is 0 Å². The van der Waals surface area contributed by atoms with Crippen LogP contribution in [0.3, 0.4) is 0 Å². The van der Waals surface area contributed by atoms with Crippen LogP contribution < -0.4 is 5.09 Å². The first kappa shape index (κ1) is 6.35. The van der Waals surface area contributed by atoms with Gasteiger partial charge in [0, 0.05) is 0 Å². The van der Waals surface area contributed by atoms with Crippen LogP contribution in [0.25, 0.3) is 0 Å². The van der Waals surface area contributed by atoms with Gasteiger partial charge in [-0.25, -0.2) is 0 Å². The summed E-state index contributed by atoms with van der Waals surface area (Å²) in [5.41, 5.74) is 0. The van der Waals surface area contributed by atoms with Crippen molar-refractivity contribution in [3.63, 3.8) is 0 Å². The van der Waals surface area contributed by atoms with Crippen LogP contribution >= 0.6 is 8.07 Å². The van der Waals surface area contributed by atoms with Gasteiger partial charge < -0.3 is 5.11 Å². The Hall–Kier alpha value is 0.350. The second kappa shape index (κ2) is 3.54. The molecule has 2 N–H and O–H groups in total. The van der Waals surface area contributed by atoms with E-state index in [4.69, 9.17) is 5.11 Å². The summed E-state index contributed by atoms with van der Waals surface area (Å²) in [5.74, 6) is 0. The lowest BCUT2D eigenvalue weighted by Gasteiger charge is -2.00. The fourth-order valence-electron chi connectivity index (χ4n) is 0.141. The van der Waals surface area contributed by atoms with E-state index in [1.807, 2.05) is 13.3 Å². The molecule has 0 bridgehead atoms. The van der Waals surface area contributed by atoms with Gasteiger partial charge in [0.15, 0.2) is 0 Å². The molecule has 0 fully saturated rings. The van der Waals surface area contributed by atoms with Gasteiger partial charge in [0.2, 0.25) is 0 Å². The molecule has 0 rings (SSSR count). The van der Waals surface area contributed by atoms with Gasteiger partial charge in [-0.2, -0.15) is 0 Å². The number of nitrogens with one attached hydrogen (secondary N) is 1. The summed E-state index contributed by atoms with van der Waals surface area (Å²) in [6.45, 7) is 4.20. The van der Waals surface area contributed by atoms with Gasteiger partial charge in [0.05, 0.1) is 6.73 Å². The molecule has 0 aliphatic rings. The average Bonchev–Trinajstić information content (AvgIpc) is 1.35. The molecule has 38 valence electrons. The lowest BCUT2D eigenvalue weighted by atomic mass is 11.4. The molecule has 0 radical (unpaired) electrons. The van der Waals surface area contributed by atoms with Crippen LogP contribution in [0.15, 0.2) is 0 Å². The van der Waals surface area contributed by atoms with Crippen molar-refractivity contribution < 1.29 is 5.11 Å². The van der Waals surface area contributed by atoms with Gasteiger partial charge in [-0.3, -0.25) is 5.09 Å². The van der Waals surface area contributed by atoms with E-state index >= 15 is 0 Å². The van der Waals surface area contributed by atoms with E-state index < -0.39 is 0 Å². The highest BCUT2D eigenvalue weighted by molar-refractivity contribution is 7.53. The van der Waals surface area contributed by atoms with Gasteiger partial charge in [-0.15, -0.1) is 0 Å². The van der Waals surface area contributed by atoms with Crippen LogP contribution in [0.4, 0.5) is 0 Å². The molecule has 3 heteroatoms. The predicted molar refractivity (Wildman–Crippen MR) is 29.0 cm³/mol. The fourth-order valence-corrected chi connectivity index (χ4v) is 0.424. The molecule has 6 heavy (non-hydrogen) atoms. The second-order valence-corrected chi connectivity index (χ2v) is 3.32. The SMILES string of the molecule is CP(C)NCO. The molecule has 0 saturated carbocycles. The monoisotopic (exact) mass is 107 g/mol. The lowest BCUT2D eigenvalue weighted by molar-refractivity contribution is 0.292. The summed E-state index contributed by atoms with van der Waals surface area (Å²) in [4.78, 5) is 0. The topological polar surface area (TPSA) is 32.3 Å². The number of hydrogen-bond acceptors (Lipinski definition) is 2. The Kier molecular flexibility index (Phi) is 3.74. The molecule has 0 aliphatic carbocycles. The normalized spacial score (nSPS) is 10.0. The molecular weight excluding hydrogens is 97.0 g/mol. The van der Waals surface area contributed by atoms with Crippen molar-refractivity contribution in [1.82, 2.24) is 5.09 Å². The first-order chi connectivity index (χ1) is 2.77. The van der Waals surface area contributed by atoms with Crippen LogP contribution in [-0.2, 0) is 0 Å². The molecule has 0 aliphatic heterocycles. The van der Waals surface area contributed by atoms with Crippen molar-refractivity contribution in [3.8, 4) is 0 Å². The van der Waals surface area contributed by atoms with Gasteiger partial charge in [-0.05, 0) is 21.4 Å². The molecule has 2 nitrogen and oxygen atoms in total. The Morgan fingerprint density at radius 2 is 2.17 bits per heavy atom. The van der Waals surface area contributed by atoms with Crippen LogP contribution in [0.2, 0.25) is 0 Å². The van der Waals surface area contributed by atoms with E-state index in [0.29, 0.717) is 0 Å². The van der Waals surface area contributed by atoms with E-state index in [9.17, 15) is 0 Å². The number of aliphatic hydroxyl groups is 1. The second-order valence-electron chi connectivity index (χ2n) is 1.21. The highest BCUT2D eigenvalue weighted by Gasteiger charge is 1.82. The summed E-state index contributed by atoms with van der Waals surface area (Å²) >= 11 is 0. The van der Waals surface area contributed by atoms with Crippen molar-refractivity contribution in [2.45, 2.75) is 0 Å². The molecule has 0 aromatic heterocycles. The third-order valence-corrected chi connectivity index (χ3v) is 1.16. The zero-order valence-corrected chi connectivity index (χ0v) is 5.00. The van der Waals surface area contributed by atoms with Crippen LogP contribution in [0.1, 0.15) is 0 Å². The maximum Gasteiger partial charge on any atom is 0.0963 e. The van der Waals surface area contributed by atoms with Gasteiger partial charge in [0.25, 0.3) is 0 Å². The Morgan fingerprint density at radius 1 is 1.67 bits per heavy atom. The minimum atomic E-state index is -0.101. The molecular formula is C3H10NOP. The Labute approximate surface area is 39.4 Å². The number of hydrogen-bond donors (Lipinski definition) is 2.